The van der Waals surface area contributed by atoms with Crippen molar-refractivity contribution in [1.29, 1.82) is 5.26 Å². The van der Waals surface area contributed by atoms with E-state index >= 15 is 0 Å². The van der Waals surface area contributed by atoms with Crippen molar-refractivity contribution < 1.29 is 32.7 Å². The van der Waals surface area contributed by atoms with E-state index in [2.05, 4.69) is 6.07 Å². The van der Waals surface area contributed by atoms with Crippen LogP contribution in [0.1, 0.15) is 5.56 Å². The SMILES string of the molecule is N#Cc1[c-]cccc1N.[Y+3]. The molecule has 2 nitrogen and oxygen atoms in total. The minimum atomic E-state index is 0. The van der Waals surface area contributed by atoms with E-state index in [0.717, 1.165) is 0 Å². The number of nitrogens with two attached hydrogens (primary N) is 1. The van der Waals surface area contributed by atoms with Crippen molar-refractivity contribution in [3.63, 3.8) is 0 Å². The van der Waals surface area contributed by atoms with Crippen LogP contribution in [0.5, 0.6) is 0 Å². The Morgan fingerprint density at radius 2 is 2.30 bits per heavy atom. The third-order valence-electron chi connectivity index (χ3n) is 1.00. The summed E-state index contributed by atoms with van der Waals surface area (Å²) in [6, 6.07) is 9.70. The van der Waals surface area contributed by atoms with Crippen molar-refractivity contribution >= 4 is 5.69 Å². The van der Waals surface area contributed by atoms with E-state index in [1.807, 2.05) is 6.07 Å². The van der Waals surface area contributed by atoms with Crippen LogP contribution in [0.15, 0.2) is 18.2 Å². The van der Waals surface area contributed by atoms with Crippen LogP contribution in [0.2, 0.25) is 0 Å². The van der Waals surface area contributed by atoms with E-state index in [0.29, 0.717) is 11.3 Å². The molecule has 3 heteroatoms. The second-order valence-corrected chi connectivity index (χ2v) is 1.61. The van der Waals surface area contributed by atoms with Crippen LogP contribution in [0.4, 0.5) is 5.69 Å². The summed E-state index contributed by atoms with van der Waals surface area (Å²) >= 11 is 0. The van der Waals surface area contributed by atoms with Crippen LogP contribution >= 0.6 is 0 Å². The first-order valence-electron chi connectivity index (χ1n) is 2.51. The van der Waals surface area contributed by atoms with E-state index in [1.165, 1.54) is 0 Å². The summed E-state index contributed by atoms with van der Waals surface area (Å²) in [5.41, 5.74) is 6.28. The quantitative estimate of drug-likeness (QED) is 0.507. The molecule has 0 saturated carbocycles. The number of hydrogen-bond acceptors (Lipinski definition) is 2. The first-order chi connectivity index (χ1) is 4.34. The van der Waals surface area contributed by atoms with Gasteiger partial charge in [-0.25, -0.2) is 0 Å². The summed E-state index contributed by atoms with van der Waals surface area (Å²) in [4.78, 5) is 0. The topological polar surface area (TPSA) is 49.8 Å². The fourth-order valence-corrected chi connectivity index (χ4v) is 0.547. The second kappa shape index (κ2) is 4.43. The molecule has 0 bridgehead atoms. The third-order valence-corrected chi connectivity index (χ3v) is 1.00. The average molecular weight is 206 g/mol. The number of nitrogens with zero attached hydrogens (tertiary/aromatic N) is 1. The van der Waals surface area contributed by atoms with E-state index in [4.69, 9.17) is 11.0 Å². The Hall–Kier alpha value is -0.386. The molecule has 0 aliphatic heterocycles. The van der Waals surface area contributed by atoms with Gasteiger partial charge in [0.1, 0.15) is 0 Å². The number of rotatable bonds is 0. The van der Waals surface area contributed by atoms with E-state index in [9.17, 15) is 0 Å². The van der Waals surface area contributed by atoms with Crippen LogP contribution < -0.4 is 5.73 Å². The maximum Gasteiger partial charge on any atom is 3.00 e. The van der Waals surface area contributed by atoms with Crippen molar-refractivity contribution in [2.75, 3.05) is 5.73 Å². The molecular formula is C7H5N2Y+2. The Morgan fingerprint density at radius 1 is 1.60 bits per heavy atom. The van der Waals surface area contributed by atoms with Gasteiger partial charge in [-0.15, -0.1) is 24.3 Å². The van der Waals surface area contributed by atoms with Gasteiger partial charge in [-0.2, -0.15) is 0 Å². The summed E-state index contributed by atoms with van der Waals surface area (Å²) in [7, 11) is 0. The summed E-state index contributed by atoms with van der Waals surface area (Å²) in [5, 5.41) is 8.36. The molecule has 0 heterocycles. The molecule has 0 saturated heterocycles. The number of nitriles is 1. The Balaban J connectivity index is 0.000000810. The Kier molecular flexibility index (Phi) is 4.26. The van der Waals surface area contributed by atoms with E-state index < -0.39 is 0 Å². The minimum absolute atomic E-state index is 0. The molecule has 0 amide bonds. The zero-order chi connectivity index (χ0) is 6.69. The maximum absolute atomic E-state index is 8.36. The summed E-state index contributed by atoms with van der Waals surface area (Å²) in [6.07, 6.45) is 0. The molecule has 2 N–H and O–H groups in total. The van der Waals surface area contributed by atoms with Crippen LogP contribution in [0, 0.1) is 17.4 Å². The second-order valence-electron chi connectivity index (χ2n) is 1.61. The van der Waals surface area contributed by atoms with Crippen LogP contribution in [-0.4, -0.2) is 0 Å². The molecule has 0 aromatic heterocycles. The van der Waals surface area contributed by atoms with Crippen LogP contribution in [-0.2, 0) is 32.7 Å². The molecule has 0 atom stereocenters. The molecule has 1 aromatic carbocycles. The maximum atomic E-state index is 8.36. The Labute approximate surface area is 84.9 Å². The summed E-state index contributed by atoms with van der Waals surface area (Å²) in [5.74, 6) is 0. The van der Waals surface area contributed by atoms with Gasteiger partial charge in [-0.05, 0) is 11.8 Å². The van der Waals surface area contributed by atoms with Crippen molar-refractivity contribution in [1.82, 2.24) is 0 Å². The summed E-state index contributed by atoms with van der Waals surface area (Å²) in [6.45, 7) is 0. The molecular weight excluding hydrogens is 201 g/mol. The Morgan fingerprint density at radius 3 is 2.70 bits per heavy atom. The largest absolute Gasteiger partial charge is 3.00 e. The predicted octanol–water partition coefficient (Wildman–Crippen LogP) is 0.938. The molecule has 0 fully saturated rings. The number of anilines is 1. The molecule has 44 valence electrons. The molecule has 0 aliphatic carbocycles. The van der Waals surface area contributed by atoms with Crippen molar-refractivity contribution in [3.05, 3.63) is 29.8 Å². The van der Waals surface area contributed by atoms with Crippen LogP contribution in [0.3, 0.4) is 0 Å². The zero-order valence-electron chi connectivity index (χ0n) is 5.33. The van der Waals surface area contributed by atoms with Crippen LogP contribution in [0.25, 0.3) is 0 Å². The van der Waals surface area contributed by atoms with Gasteiger partial charge in [-0.1, -0.05) is 5.56 Å². The monoisotopic (exact) mass is 206 g/mol. The van der Waals surface area contributed by atoms with Crippen molar-refractivity contribution in [2.45, 2.75) is 0 Å². The molecule has 0 unspecified atom stereocenters. The summed E-state index contributed by atoms with van der Waals surface area (Å²) < 4.78 is 0. The number of benzene rings is 1. The molecule has 0 radical (unpaired) electrons. The van der Waals surface area contributed by atoms with Gasteiger partial charge in [0, 0.05) is 0 Å². The standard InChI is InChI=1S/C7H5N2.Y/c8-5-6-3-1-2-4-7(6)9;/h1-2,4H,9H2;/q-1;+3. The van der Waals surface area contributed by atoms with Gasteiger partial charge in [0.15, 0.2) is 0 Å². The molecule has 0 spiro atoms. The fraction of sp³-hybridized carbons (Fsp3) is 0. The van der Waals surface area contributed by atoms with Gasteiger partial charge in [0.25, 0.3) is 0 Å². The van der Waals surface area contributed by atoms with Gasteiger partial charge < -0.3 is 5.73 Å². The first-order valence-corrected chi connectivity index (χ1v) is 2.51. The predicted molar refractivity (Wildman–Crippen MR) is 34.4 cm³/mol. The van der Waals surface area contributed by atoms with Gasteiger partial charge in [0.2, 0.25) is 0 Å². The minimum Gasteiger partial charge on any atom is -0.436 e. The van der Waals surface area contributed by atoms with Crippen molar-refractivity contribution in [2.24, 2.45) is 0 Å². The zero-order valence-corrected chi connectivity index (χ0v) is 8.17. The smallest absolute Gasteiger partial charge is 0.436 e. The fourth-order valence-electron chi connectivity index (χ4n) is 0.547. The third kappa shape index (κ3) is 2.09. The van der Waals surface area contributed by atoms with Crippen molar-refractivity contribution in [3.8, 4) is 6.07 Å². The Bertz CT molecular complexity index is 252. The average Bonchev–Trinajstić information content (AvgIpc) is 1.89. The first kappa shape index (κ1) is 9.61. The van der Waals surface area contributed by atoms with Gasteiger partial charge in [-0.3, -0.25) is 5.26 Å². The molecule has 1 aromatic rings. The molecule has 0 aliphatic rings. The molecule has 10 heavy (non-hydrogen) atoms. The van der Waals surface area contributed by atoms with Gasteiger partial charge >= 0.3 is 32.7 Å². The molecule has 1 rings (SSSR count). The number of hydrogen-bond donors (Lipinski definition) is 1. The number of nitrogen functional groups attached to an aromatic ring is 1. The van der Waals surface area contributed by atoms with E-state index in [1.54, 1.807) is 18.2 Å². The van der Waals surface area contributed by atoms with E-state index in [-0.39, 0.29) is 32.7 Å². The van der Waals surface area contributed by atoms with Gasteiger partial charge in [0.05, 0.1) is 0 Å². The normalized spacial score (nSPS) is 7.50.